The first-order valence-corrected chi connectivity index (χ1v) is 15.7. The fraction of sp³-hybridized carbons (Fsp3) is 0.552. The van der Waals surface area contributed by atoms with E-state index in [-0.39, 0.29) is 40.9 Å². The van der Waals surface area contributed by atoms with E-state index in [4.69, 9.17) is 0 Å². The second-order valence-electron chi connectivity index (χ2n) is 12.2. The molecule has 230 valence electrons. The van der Waals surface area contributed by atoms with E-state index in [9.17, 15) is 39.6 Å². The van der Waals surface area contributed by atoms with Gasteiger partial charge in [0.2, 0.25) is 5.91 Å². The third-order valence-electron chi connectivity index (χ3n) is 9.55. The minimum absolute atomic E-state index is 0.0122. The molecule has 3 atom stereocenters. The number of amides is 1. The molecule has 0 aromatic heterocycles. The monoisotopic (exact) mass is 637 g/mol. The Labute approximate surface area is 242 Å². The summed E-state index contributed by atoms with van der Waals surface area (Å²) in [5, 5.41) is 0.693. The van der Waals surface area contributed by atoms with Gasteiger partial charge in [-0.05, 0) is 46.8 Å². The molecule has 0 radical (unpaired) electrons. The van der Waals surface area contributed by atoms with Crippen molar-refractivity contribution in [1.29, 1.82) is 0 Å². The van der Waals surface area contributed by atoms with Crippen molar-refractivity contribution in [1.82, 2.24) is 4.90 Å². The van der Waals surface area contributed by atoms with Crippen molar-refractivity contribution in [3.8, 4) is 0 Å². The van der Waals surface area contributed by atoms with Crippen LogP contribution in [0.1, 0.15) is 62.6 Å². The molecule has 1 heterocycles. The average Bonchev–Trinajstić information content (AvgIpc) is 3.42. The molecular formula is C29H31F7NO3PS. The Bertz CT molecular complexity index is 1480. The molecule has 0 spiro atoms. The molecule has 1 aliphatic heterocycles. The third kappa shape index (κ3) is 4.32. The Balaban J connectivity index is 1.72. The van der Waals surface area contributed by atoms with Gasteiger partial charge in [0.1, 0.15) is 4.75 Å². The Morgan fingerprint density at radius 2 is 1.45 bits per heavy atom. The van der Waals surface area contributed by atoms with E-state index in [2.05, 4.69) is 9.24 Å². The van der Waals surface area contributed by atoms with Crippen LogP contribution in [0.15, 0.2) is 47.4 Å². The molecule has 2 aliphatic carbocycles. The van der Waals surface area contributed by atoms with Crippen LogP contribution in [-0.4, -0.2) is 44.7 Å². The molecule has 4 nitrogen and oxygen atoms in total. The molecule has 2 fully saturated rings. The number of hydrogen-bond acceptors (Lipinski definition) is 3. The van der Waals surface area contributed by atoms with E-state index in [0.717, 1.165) is 25.3 Å². The minimum Gasteiger partial charge on any atom is -0.340 e. The van der Waals surface area contributed by atoms with Gasteiger partial charge in [-0.3, -0.25) is 4.79 Å². The van der Waals surface area contributed by atoms with Gasteiger partial charge in [0.25, 0.3) is 0 Å². The Morgan fingerprint density at radius 1 is 0.881 bits per heavy atom. The number of alkyl halides is 7. The van der Waals surface area contributed by atoms with Crippen molar-refractivity contribution in [2.75, 3.05) is 13.1 Å². The van der Waals surface area contributed by atoms with E-state index in [1.54, 1.807) is 12.1 Å². The van der Waals surface area contributed by atoms with Crippen LogP contribution in [-0.2, 0) is 30.5 Å². The van der Waals surface area contributed by atoms with Crippen LogP contribution in [0.3, 0.4) is 0 Å². The highest BCUT2D eigenvalue weighted by molar-refractivity contribution is 7.92. The van der Waals surface area contributed by atoms with E-state index in [1.165, 1.54) is 30.9 Å². The smallest absolute Gasteiger partial charge is 0.340 e. The van der Waals surface area contributed by atoms with Gasteiger partial charge in [0, 0.05) is 30.5 Å². The van der Waals surface area contributed by atoms with Gasteiger partial charge in [-0.15, -0.1) is 9.24 Å². The van der Waals surface area contributed by atoms with E-state index >= 15 is 4.39 Å². The lowest BCUT2D eigenvalue weighted by Gasteiger charge is -2.33. The van der Waals surface area contributed by atoms with Crippen molar-refractivity contribution in [3.63, 3.8) is 0 Å². The number of hydrogen-bond donors (Lipinski definition) is 0. The molecule has 5 rings (SSSR count). The topological polar surface area (TPSA) is 54.5 Å². The minimum atomic E-state index is -6.31. The second kappa shape index (κ2) is 9.91. The van der Waals surface area contributed by atoms with Crippen molar-refractivity contribution >= 4 is 30.3 Å². The summed E-state index contributed by atoms with van der Waals surface area (Å²) >= 11 is 0. The molecule has 1 saturated heterocycles. The fourth-order valence-electron chi connectivity index (χ4n) is 7.30. The van der Waals surface area contributed by atoms with Crippen molar-refractivity contribution < 1.29 is 43.9 Å². The van der Waals surface area contributed by atoms with Gasteiger partial charge < -0.3 is 4.90 Å². The Morgan fingerprint density at radius 3 is 2.00 bits per heavy atom. The summed E-state index contributed by atoms with van der Waals surface area (Å²) in [7, 11) is -1.96. The SMILES string of the molecule is CC1(C)c2cc(C(F)(C(F)(F)F)C(F)(F)F)ccc2C2(S(=O)(=O)c3ccc(P)cc3)CN(C(=O)C3CCCCC3)CC12. The fourth-order valence-corrected chi connectivity index (χ4v) is 9.94. The Kier molecular flexibility index (Phi) is 7.37. The van der Waals surface area contributed by atoms with E-state index < -0.39 is 49.5 Å². The number of sulfone groups is 1. The van der Waals surface area contributed by atoms with Crippen molar-refractivity contribution in [2.24, 2.45) is 11.8 Å². The van der Waals surface area contributed by atoms with Gasteiger partial charge >= 0.3 is 18.0 Å². The molecule has 0 bridgehead atoms. The molecule has 13 heteroatoms. The van der Waals surface area contributed by atoms with Gasteiger partial charge in [-0.1, -0.05) is 63.4 Å². The lowest BCUT2D eigenvalue weighted by Crippen LogP contribution is -2.50. The molecular weight excluding hydrogens is 606 g/mol. The predicted octanol–water partition coefficient (Wildman–Crippen LogP) is 6.48. The van der Waals surface area contributed by atoms with Crippen LogP contribution in [0.2, 0.25) is 0 Å². The van der Waals surface area contributed by atoms with E-state index in [1.807, 2.05) is 0 Å². The summed E-state index contributed by atoms with van der Waals surface area (Å²) < 4.78 is 124. The highest BCUT2D eigenvalue weighted by Crippen LogP contribution is 2.63. The van der Waals surface area contributed by atoms with Gasteiger partial charge in [-0.25, -0.2) is 12.8 Å². The number of carbonyl (C=O) groups excluding carboxylic acids is 1. The lowest BCUT2D eigenvalue weighted by atomic mass is 9.76. The number of halogens is 7. The van der Waals surface area contributed by atoms with Crippen LogP contribution in [0, 0.1) is 11.8 Å². The number of likely N-dealkylation sites (tertiary alicyclic amines) is 1. The normalized spacial score (nSPS) is 24.9. The van der Waals surface area contributed by atoms with Gasteiger partial charge in [-0.2, -0.15) is 26.3 Å². The molecule has 3 unspecified atom stereocenters. The van der Waals surface area contributed by atoms with E-state index in [0.29, 0.717) is 30.3 Å². The molecule has 0 N–H and O–H groups in total. The quantitative estimate of drug-likeness (QED) is 0.285. The predicted molar refractivity (Wildman–Crippen MR) is 146 cm³/mol. The van der Waals surface area contributed by atoms with Crippen LogP contribution in [0.4, 0.5) is 30.7 Å². The summed E-state index contributed by atoms with van der Waals surface area (Å²) in [5.74, 6) is -1.41. The van der Waals surface area contributed by atoms with Gasteiger partial charge in [0.05, 0.1) is 4.90 Å². The summed E-state index contributed by atoms with van der Waals surface area (Å²) in [5.41, 5.74) is -8.78. The average molecular weight is 638 g/mol. The first-order chi connectivity index (χ1) is 19.3. The zero-order chi connectivity index (χ0) is 31.1. The molecule has 3 aliphatic rings. The highest BCUT2D eigenvalue weighted by Gasteiger charge is 2.74. The number of rotatable bonds is 4. The lowest BCUT2D eigenvalue weighted by molar-refractivity contribution is -0.348. The summed E-state index contributed by atoms with van der Waals surface area (Å²) in [4.78, 5) is 15.0. The number of fused-ring (bicyclic) bond motifs is 3. The molecule has 42 heavy (non-hydrogen) atoms. The number of carbonyl (C=O) groups is 1. The second-order valence-corrected chi connectivity index (χ2v) is 15.1. The maximum atomic E-state index is 15.1. The number of benzene rings is 2. The molecule has 2 aromatic carbocycles. The number of nitrogens with zero attached hydrogens (tertiary/aromatic N) is 1. The highest BCUT2D eigenvalue weighted by atomic mass is 32.2. The molecule has 1 saturated carbocycles. The first-order valence-electron chi connectivity index (χ1n) is 13.7. The summed E-state index contributed by atoms with van der Waals surface area (Å²) in [6.45, 7) is 2.68. The van der Waals surface area contributed by atoms with Crippen LogP contribution >= 0.6 is 9.24 Å². The van der Waals surface area contributed by atoms with Crippen molar-refractivity contribution in [3.05, 3.63) is 59.2 Å². The van der Waals surface area contributed by atoms with Crippen LogP contribution in [0.5, 0.6) is 0 Å². The first kappa shape index (κ1) is 31.2. The maximum absolute atomic E-state index is 15.1. The van der Waals surface area contributed by atoms with Gasteiger partial charge in [0.15, 0.2) is 9.84 Å². The standard InChI is InChI=1S/C29H31F7NO3PS/c1-25(2)22-14-18(27(30,28(31,32)33)29(34,35)36)8-13-21(22)26(42(39,40)20-11-9-19(41)10-12-20)16-37(15-23(25)26)24(38)17-6-4-3-5-7-17/h8-14,17,23H,3-7,15-16,41H2,1-2H3. The zero-order valence-corrected chi connectivity index (χ0v) is 24.9. The third-order valence-corrected chi connectivity index (χ3v) is 12.4. The maximum Gasteiger partial charge on any atom is 0.435 e. The summed E-state index contributed by atoms with van der Waals surface area (Å²) in [6.07, 6.45) is -8.60. The zero-order valence-electron chi connectivity index (χ0n) is 22.9. The van der Waals surface area contributed by atoms with Crippen LogP contribution < -0.4 is 5.30 Å². The van der Waals surface area contributed by atoms with Crippen LogP contribution in [0.25, 0.3) is 0 Å². The molecule has 2 aromatic rings. The molecule has 1 amide bonds. The summed E-state index contributed by atoms with van der Waals surface area (Å²) in [6, 6.07) is 7.66. The largest absolute Gasteiger partial charge is 0.435 e. The van der Waals surface area contributed by atoms with Crippen molar-refractivity contribution in [2.45, 2.75) is 79.0 Å². The Hall–Kier alpha value is -2.20.